The molecule has 0 aliphatic carbocycles. The van der Waals surface area contributed by atoms with Crippen molar-refractivity contribution < 1.29 is 4.79 Å². The molecule has 100 valence electrons. The molecule has 0 saturated heterocycles. The summed E-state index contributed by atoms with van der Waals surface area (Å²) in [4.78, 5) is 12.1. The number of hydrogen-bond donors (Lipinski definition) is 2. The molecule has 0 bridgehead atoms. The average molecular weight is 240 g/mol. The van der Waals surface area contributed by atoms with Crippen molar-refractivity contribution in [1.29, 1.82) is 0 Å². The minimum atomic E-state index is -0.183. The van der Waals surface area contributed by atoms with Gasteiger partial charge in [0.05, 0.1) is 6.04 Å². The Balaban J connectivity index is 4.45. The Labute approximate surface area is 106 Å². The lowest BCUT2D eigenvalue weighted by Gasteiger charge is -2.26. The van der Waals surface area contributed by atoms with Gasteiger partial charge in [-0.25, -0.2) is 0 Å². The van der Waals surface area contributed by atoms with E-state index in [2.05, 4.69) is 31.1 Å². The van der Waals surface area contributed by atoms with Crippen LogP contribution in [0.15, 0.2) is 12.2 Å². The van der Waals surface area contributed by atoms with E-state index >= 15 is 0 Å². The van der Waals surface area contributed by atoms with Gasteiger partial charge < -0.3 is 10.6 Å². The second-order valence-corrected chi connectivity index (χ2v) is 6.26. The summed E-state index contributed by atoms with van der Waals surface area (Å²) >= 11 is 0. The summed E-state index contributed by atoms with van der Waals surface area (Å²) < 4.78 is 0. The van der Waals surface area contributed by atoms with Crippen LogP contribution in [0.2, 0.25) is 0 Å². The SMILES string of the molecule is C=C(C)CN[C@@H](CC(C)C)C(=O)NC(C)(C)C. The molecule has 0 saturated carbocycles. The third-order valence-corrected chi connectivity index (χ3v) is 2.17. The van der Waals surface area contributed by atoms with Crippen LogP contribution in [0.5, 0.6) is 0 Å². The first kappa shape index (κ1) is 16.2. The Hall–Kier alpha value is -0.830. The third kappa shape index (κ3) is 8.93. The van der Waals surface area contributed by atoms with Crippen molar-refractivity contribution in [3.05, 3.63) is 12.2 Å². The van der Waals surface area contributed by atoms with Gasteiger partial charge in [-0.15, -0.1) is 0 Å². The van der Waals surface area contributed by atoms with Gasteiger partial charge in [0.25, 0.3) is 0 Å². The molecule has 1 atom stereocenters. The van der Waals surface area contributed by atoms with Crippen LogP contribution in [-0.2, 0) is 4.79 Å². The molecular formula is C14H28N2O. The van der Waals surface area contributed by atoms with E-state index in [4.69, 9.17) is 0 Å². The molecule has 0 aromatic heterocycles. The van der Waals surface area contributed by atoms with Crippen molar-refractivity contribution >= 4 is 5.91 Å². The smallest absolute Gasteiger partial charge is 0.237 e. The fourth-order valence-electron chi connectivity index (χ4n) is 1.51. The van der Waals surface area contributed by atoms with Gasteiger partial charge in [-0.1, -0.05) is 26.0 Å². The molecule has 0 spiro atoms. The molecule has 0 aromatic carbocycles. The lowest BCUT2D eigenvalue weighted by atomic mass is 10.0. The molecule has 0 aliphatic heterocycles. The molecule has 2 N–H and O–H groups in total. The van der Waals surface area contributed by atoms with Crippen molar-refractivity contribution in [1.82, 2.24) is 10.6 Å². The number of nitrogens with one attached hydrogen (secondary N) is 2. The standard InChI is InChI=1S/C14H28N2O/c1-10(2)8-12(15-9-11(3)4)13(17)16-14(5,6)7/h10,12,15H,3,8-9H2,1-2,4-7H3,(H,16,17)/t12-/m0/s1. The highest BCUT2D eigenvalue weighted by atomic mass is 16.2. The van der Waals surface area contributed by atoms with Crippen molar-refractivity contribution in [3.63, 3.8) is 0 Å². The van der Waals surface area contributed by atoms with E-state index in [0.29, 0.717) is 12.5 Å². The number of hydrogen-bond acceptors (Lipinski definition) is 2. The zero-order valence-electron chi connectivity index (χ0n) is 12.2. The monoisotopic (exact) mass is 240 g/mol. The van der Waals surface area contributed by atoms with E-state index in [1.165, 1.54) is 0 Å². The van der Waals surface area contributed by atoms with E-state index in [1.54, 1.807) is 0 Å². The molecule has 0 fully saturated rings. The largest absolute Gasteiger partial charge is 0.350 e. The summed E-state index contributed by atoms with van der Waals surface area (Å²) in [6.07, 6.45) is 0.842. The minimum absolute atomic E-state index is 0.0763. The zero-order chi connectivity index (χ0) is 13.6. The fourth-order valence-corrected chi connectivity index (χ4v) is 1.51. The van der Waals surface area contributed by atoms with Gasteiger partial charge in [0.15, 0.2) is 0 Å². The van der Waals surface area contributed by atoms with E-state index in [9.17, 15) is 4.79 Å². The topological polar surface area (TPSA) is 41.1 Å². The predicted molar refractivity (Wildman–Crippen MR) is 74.0 cm³/mol. The van der Waals surface area contributed by atoms with Gasteiger partial charge in [0, 0.05) is 12.1 Å². The molecule has 0 aromatic rings. The van der Waals surface area contributed by atoms with Gasteiger partial charge >= 0.3 is 0 Å². The zero-order valence-corrected chi connectivity index (χ0v) is 12.2. The lowest BCUT2D eigenvalue weighted by Crippen LogP contribution is -2.51. The van der Waals surface area contributed by atoms with Crippen molar-refractivity contribution in [2.24, 2.45) is 5.92 Å². The Kier molecular flexibility index (Phi) is 6.46. The number of rotatable bonds is 6. The van der Waals surface area contributed by atoms with Crippen molar-refractivity contribution in [3.8, 4) is 0 Å². The molecule has 0 heterocycles. The summed E-state index contributed by atoms with van der Waals surface area (Å²) in [6.45, 7) is 16.7. The number of amides is 1. The maximum Gasteiger partial charge on any atom is 0.237 e. The Morgan fingerprint density at radius 1 is 1.29 bits per heavy atom. The maximum absolute atomic E-state index is 12.1. The van der Waals surface area contributed by atoms with Crippen LogP contribution in [-0.4, -0.2) is 24.0 Å². The summed E-state index contributed by atoms with van der Waals surface area (Å²) in [5, 5.41) is 6.28. The van der Waals surface area contributed by atoms with Gasteiger partial charge in [-0.2, -0.15) is 0 Å². The summed E-state index contributed by atoms with van der Waals surface area (Å²) in [6, 6.07) is -0.133. The normalized spacial score (nSPS) is 13.6. The van der Waals surface area contributed by atoms with Gasteiger partial charge in [-0.05, 0) is 40.0 Å². The van der Waals surface area contributed by atoms with E-state index in [1.807, 2.05) is 27.7 Å². The highest BCUT2D eigenvalue weighted by Gasteiger charge is 2.23. The third-order valence-electron chi connectivity index (χ3n) is 2.17. The van der Waals surface area contributed by atoms with Gasteiger partial charge in [-0.3, -0.25) is 4.79 Å². The lowest BCUT2D eigenvalue weighted by molar-refractivity contribution is -0.124. The molecule has 1 amide bonds. The average Bonchev–Trinajstić information content (AvgIpc) is 2.08. The van der Waals surface area contributed by atoms with Crippen LogP contribution in [0.3, 0.4) is 0 Å². The molecule has 0 unspecified atom stereocenters. The Morgan fingerprint density at radius 2 is 1.82 bits per heavy atom. The molecule has 0 radical (unpaired) electrons. The molecule has 0 aliphatic rings. The summed E-state index contributed by atoms with van der Waals surface area (Å²) in [7, 11) is 0. The molecule has 3 nitrogen and oxygen atoms in total. The maximum atomic E-state index is 12.1. The molecule has 3 heteroatoms. The first-order chi connectivity index (χ1) is 7.61. The minimum Gasteiger partial charge on any atom is -0.350 e. The predicted octanol–water partition coefficient (Wildman–Crippen LogP) is 2.48. The second kappa shape index (κ2) is 6.80. The van der Waals surface area contributed by atoms with E-state index in [0.717, 1.165) is 12.0 Å². The Bertz CT molecular complexity index is 264. The Morgan fingerprint density at radius 3 is 2.18 bits per heavy atom. The van der Waals surface area contributed by atoms with E-state index < -0.39 is 0 Å². The highest BCUT2D eigenvalue weighted by molar-refractivity contribution is 5.82. The van der Waals surface area contributed by atoms with Gasteiger partial charge in [0.2, 0.25) is 5.91 Å². The number of carbonyl (C=O) groups excluding carboxylic acids is 1. The summed E-state index contributed by atoms with van der Waals surface area (Å²) in [5.41, 5.74) is 0.860. The molecule has 0 rings (SSSR count). The van der Waals surface area contributed by atoms with Crippen LogP contribution in [0.1, 0.15) is 48.0 Å². The first-order valence-corrected chi connectivity index (χ1v) is 6.31. The second-order valence-electron chi connectivity index (χ2n) is 6.26. The van der Waals surface area contributed by atoms with Gasteiger partial charge in [0.1, 0.15) is 0 Å². The number of carbonyl (C=O) groups is 1. The highest BCUT2D eigenvalue weighted by Crippen LogP contribution is 2.07. The summed E-state index contributed by atoms with van der Waals surface area (Å²) in [5.74, 6) is 0.566. The van der Waals surface area contributed by atoms with Crippen molar-refractivity contribution in [2.75, 3.05) is 6.54 Å². The van der Waals surface area contributed by atoms with Crippen molar-refractivity contribution in [2.45, 2.75) is 59.5 Å². The van der Waals surface area contributed by atoms with Crippen LogP contribution in [0, 0.1) is 5.92 Å². The van der Waals surface area contributed by atoms with Crippen LogP contribution >= 0.6 is 0 Å². The molecular weight excluding hydrogens is 212 g/mol. The van der Waals surface area contributed by atoms with Crippen LogP contribution in [0.25, 0.3) is 0 Å². The quantitative estimate of drug-likeness (QED) is 0.700. The van der Waals surface area contributed by atoms with Crippen LogP contribution < -0.4 is 10.6 Å². The van der Waals surface area contributed by atoms with E-state index in [-0.39, 0.29) is 17.5 Å². The first-order valence-electron chi connectivity index (χ1n) is 6.31. The van der Waals surface area contributed by atoms with Crippen LogP contribution in [0.4, 0.5) is 0 Å². The molecule has 17 heavy (non-hydrogen) atoms. The fraction of sp³-hybridized carbons (Fsp3) is 0.786.